The monoisotopic (exact) mass is 316 g/mol. The predicted octanol–water partition coefficient (Wildman–Crippen LogP) is 3.69. The second-order valence-electron chi connectivity index (χ2n) is 5.00. The summed E-state index contributed by atoms with van der Waals surface area (Å²) in [7, 11) is 0. The van der Waals surface area contributed by atoms with E-state index < -0.39 is 12.1 Å². The third kappa shape index (κ3) is 3.68. The average molecular weight is 316 g/mol. The Hall–Kier alpha value is -2.27. The maximum atomic E-state index is 12.2. The lowest BCUT2D eigenvalue weighted by Crippen LogP contribution is -2.24. The molecule has 114 valence electrons. The fraction of sp³-hybridized carbons (Fsp3) is 0.235. The van der Waals surface area contributed by atoms with E-state index >= 15 is 0 Å². The molecule has 0 fully saturated rings. The number of thiophene rings is 1. The highest BCUT2D eigenvalue weighted by Gasteiger charge is 2.21. The number of rotatable bonds is 5. The van der Waals surface area contributed by atoms with Gasteiger partial charge in [-0.2, -0.15) is 0 Å². The van der Waals surface area contributed by atoms with Crippen molar-refractivity contribution in [1.29, 1.82) is 0 Å². The van der Waals surface area contributed by atoms with E-state index in [9.17, 15) is 14.4 Å². The maximum absolute atomic E-state index is 12.2. The highest BCUT2D eigenvalue weighted by molar-refractivity contribution is 7.15. The Morgan fingerprint density at radius 1 is 1.00 bits per heavy atom. The van der Waals surface area contributed by atoms with Crippen molar-refractivity contribution in [2.75, 3.05) is 0 Å². The van der Waals surface area contributed by atoms with Crippen molar-refractivity contribution in [1.82, 2.24) is 0 Å². The smallest absolute Gasteiger partial charge is 0.349 e. The quantitative estimate of drug-likeness (QED) is 0.623. The van der Waals surface area contributed by atoms with Gasteiger partial charge in [0.25, 0.3) is 0 Å². The Labute approximate surface area is 132 Å². The van der Waals surface area contributed by atoms with Crippen LogP contribution in [-0.2, 0) is 4.74 Å². The minimum atomic E-state index is -0.877. The van der Waals surface area contributed by atoms with Gasteiger partial charge in [0, 0.05) is 5.56 Å². The summed E-state index contributed by atoms with van der Waals surface area (Å²) in [4.78, 5) is 36.2. The summed E-state index contributed by atoms with van der Waals surface area (Å²) in [6.45, 7) is 4.91. The molecule has 4 nitrogen and oxygen atoms in total. The molecule has 0 aliphatic rings. The number of ether oxygens (including phenoxy) is 1. The second kappa shape index (κ2) is 6.66. The normalized spacial score (nSPS) is 11.8. The van der Waals surface area contributed by atoms with Crippen molar-refractivity contribution < 1.29 is 19.1 Å². The molecule has 0 saturated carbocycles. The van der Waals surface area contributed by atoms with Gasteiger partial charge in [-0.25, -0.2) is 4.79 Å². The van der Waals surface area contributed by atoms with Gasteiger partial charge in [0.2, 0.25) is 5.78 Å². The predicted molar refractivity (Wildman–Crippen MR) is 84.7 cm³/mol. The summed E-state index contributed by atoms with van der Waals surface area (Å²) < 4.78 is 5.19. The Morgan fingerprint density at radius 3 is 2.14 bits per heavy atom. The molecule has 1 aromatic heterocycles. The van der Waals surface area contributed by atoms with E-state index in [-0.39, 0.29) is 11.6 Å². The molecule has 22 heavy (non-hydrogen) atoms. The van der Waals surface area contributed by atoms with E-state index in [1.807, 2.05) is 19.1 Å². The Kier molecular flexibility index (Phi) is 4.88. The first-order valence-corrected chi connectivity index (χ1v) is 7.63. The summed E-state index contributed by atoms with van der Waals surface area (Å²) in [6, 6.07) is 10.2. The molecule has 0 spiro atoms. The van der Waals surface area contributed by atoms with Gasteiger partial charge in [-0.15, -0.1) is 11.3 Å². The van der Waals surface area contributed by atoms with E-state index in [1.54, 1.807) is 25.1 Å². The van der Waals surface area contributed by atoms with Crippen LogP contribution in [0.5, 0.6) is 0 Å². The number of carbonyl (C=O) groups excluding carboxylic acids is 3. The zero-order valence-electron chi connectivity index (χ0n) is 12.6. The van der Waals surface area contributed by atoms with Crippen LogP contribution in [0.15, 0.2) is 36.4 Å². The molecule has 0 N–H and O–H groups in total. The van der Waals surface area contributed by atoms with E-state index in [4.69, 9.17) is 4.74 Å². The van der Waals surface area contributed by atoms with Crippen LogP contribution in [0.3, 0.4) is 0 Å². The van der Waals surface area contributed by atoms with Crippen molar-refractivity contribution >= 4 is 28.9 Å². The zero-order valence-corrected chi connectivity index (χ0v) is 13.4. The lowest BCUT2D eigenvalue weighted by molar-refractivity contribution is 0.0323. The highest BCUT2D eigenvalue weighted by Crippen LogP contribution is 2.19. The third-order valence-corrected chi connectivity index (χ3v) is 4.31. The lowest BCUT2D eigenvalue weighted by atomic mass is 10.1. The van der Waals surface area contributed by atoms with Crippen molar-refractivity contribution in [3.63, 3.8) is 0 Å². The minimum Gasteiger partial charge on any atom is -0.450 e. The van der Waals surface area contributed by atoms with Crippen LogP contribution < -0.4 is 0 Å². The van der Waals surface area contributed by atoms with Gasteiger partial charge in [0.05, 0.1) is 4.88 Å². The van der Waals surface area contributed by atoms with Crippen LogP contribution in [0.4, 0.5) is 0 Å². The molecule has 0 amide bonds. The number of benzene rings is 1. The van der Waals surface area contributed by atoms with Crippen LogP contribution >= 0.6 is 11.3 Å². The summed E-state index contributed by atoms with van der Waals surface area (Å²) in [6.07, 6.45) is -0.877. The SMILES string of the molecule is CC(=O)c1ccc(C(=O)O[C@@H](C)C(=O)c2ccc(C)cc2)s1. The van der Waals surface area contributed by atoms with Gasteiger partial charge in [-0.3, -0.25) is 9.59 Å². The molecule has 5 heteroatoms. The summed E-state index contributed by atoms with van der Waals surface area (Å²) in [5, 5.41) is 0. The summed E-state index contributed by atoms with van der Waals surface area (Å²) in [5.41, 5.74) is 1.55. The molecule has 2 aromatic rings. The minimum absolute atomic E-state index is 0.104. The number of hydrogen-bond donors (Lipinski definition) is 0. The molecule has 1 atom stereocenters. The number of Topliss-reactive ketones (excluding diaryl/α,β-unsaturated/α-hetero) is 2. The van der Waals surface area contributed by atoms with Crippen LogP contribution in [0.1, 0.15) is 49.1 Å². The number of carbonyl (C=O) groups is 3. The van der Waals surface area contributed by atoms with Gasteiger partial charge in [0.1, 0.15) is 4.88 Å². The van der Waals surface area contributed by atoms with E-state index in [0.29, 0.717) is 15.3 Å². The second-order valence-corrected chi connectivity index (χ2v) is 6.08. The first-order valence-electron chi connectivity index (χ1n) is 6.81. The van der Waals surface area contributed by atoms with Crippen LogP contribution in [0, 0.1) is 6.92 Å². The van der Waals surface area contributed by atoms with Gasteiger partial charge in [-0.05, 0) is 32.9 Å². The van der Waals surface area contributed by atoms with Crippen LogP contribution in [0.2, 0.25) is 0 Å². The standard InChI is InChI=1S/C17H16O4S/c1-10-4-6-13(7-5-10)16(19)12(3)21-17(20)15-9-8-14(22-15)11(2)18/h4-9,12H,1-3H3/t12-/m0/s1. The van der Waals surface area contributed by atoms with E-state index in [0.717, 1.165) is 16.9 Å². The van der Waals surface area contributed by atoms with Gasteiger partial charge < -0.3 is 4.74 Å². The largest absolute Gasteiger partial charge is 0.450 e. The van der Waals surface area contributed by atoms with Crippen molar-refractivity contribution in [3.05, 3.63) is 57.3 Å². The third-order valence-electron chi connectivity index (χ3n) is 3.14. The molecule has 1 heterocycles. The fourth-order valence-electron chi connectivity index (χ4n) is 1.86. The van der Waals surface area contributed by atoms with Crippen LogP contribution in [0.25, 0.3) is 0 Å². The van der Waals surface area contributed by atoms with Crippen LogP contribution in [-0.4, -0.2) is 23.6 Å². The molecule has 2 rings (SSSR count). The number of esters is 1. The van der Waals surface area contributed by atoms with E-state index in [1.165, 1.54) is 13.0 Å². The molecular formula is C17H16O4S. The van der Waals surface area contributed by atoms with Crippen molar-refractivity contribution in [2.24, 2.45) is 0 Å². The number of ketones is 2. The highest BCUT2D eigenvalue weighted by atomic mass is 32.1. The van der Waals surface area contributed by atoms with Crippen molar-refractivity contribution in [2.45, 2.75) is 26.9 Å². The summed E-state index contributed by atoms with van der Waals surface area (Å²) in [5.74, 6) is -0.949. The number of aryl methyl sites for hydroxylation is 1. The molecule has 1 aromatic carbocycles. The molecule has 0 aliphatic carbocycles. The molecule has 0 unspecified atom stereocenters. The molecule has 0 bridgehead atoms. The Balaban J connectivity index is 2.05. The first kappa shape index (κ1) is 16.1. The lowest BCUT2D eigenvalue weighted by Gasteiger charge is -2.11. The Bertz CT molecular complexity index is 713. The van der Waals surface area contributed by atoms with Crippen molar-refractivity contribution in [3.8, 4) is 0 Å². The Morgan fingerprint density at radius 2 is 1.59 bits per heavy atom. The molecule has 0 saturated heterocycles. The van der Waals surface area contributed by atoms with Gasteiger partial charge in [0.15, 0.2) is 11.9 Å². The molecule has 0 radical (unpaired) electrons. The fourth-order valence-corrected chi connectivity index (χ4v) is 2.65. The summed E-state index contributed by atoms with van der Waals surface area (Å²) >= 11 is 1.07. The van der Waals surface area contributed by atoms with E-state index in [2.05, 4.69) is 0 Å². The molecular weight excluding hydrogens is 300 g/mol. The van der Waals surface area contributed by atoms with Gasteiger partial charge in [-0.1, -0.05) is 29.8 Å². The zero-order chi connectivity index (χ0) is 16.3. The average Bonchev–Trinajstić information content (AvgIpc) is 2.97. The topological polar surface area (TPSA) is 60.4 Å². The molecule has 0 aliphatic heterocycles. The first-order chi connectivity index (χ1) is 10.4. The van der Waals surface area contributed by atoms with Gasteiger partial charge >= 0.3 is 5.97 Å². The maximum Gasteiger partial charge on any atom is 0.349 e. The number of hydrogen-bond acceptors (Lipinski definition) is 5.